The lowest BCUT2D eigenvalue weighted by Gasteiger charge is -2.35. The van der Waals surface area contributed by atoms with Crippen LogP contribution in [0, 0.1) is 11.3 Å². The van der Waals surface area contributed by atoms with Crippen LogP contribution in [0.15, 0.2) is 18.2 Å². The Kier molecular flexibility index (Phi) is 4.06. The van der Waals surface area contributed by atoms with Crippen LogP contribution in [-0.2, 0) is 15.8 Å². The Morgan fingerprint density at radius 2 is 1.80 bits per heavy atom. The number of likely N-dealkylation sites (tertiary alicyclic amines) is 1. The third kappa shape index (κ3) is 2.70. The number of rotatable bonds is 1. The first-order valence-electron chi connectivity index (χ1n) is 8.51. The van der Waals surface area contributed by atoms with E-state index in [-0.39, 0.29) is 6.42 Å². The molecule has 4 amide bonds. The fourth-order valence-electron chi connectivity index (χ4n) is 4.29. The maximum atomic E-state index is 13.2. The molecular weight excluding hydrogens is 422 g/mol. The average Bonchev–Trinajstić information content (AvgIpc) is 3.30. The maximum Gasteiger partial charge on any atom is 0.471 e. The highest BCUT2D eigenvalue weighted by molar-refractivity contribution is 6.22. The lowest BCUT2D eigenvalue weighted by molar-refractivity contribution is -0.188. The van der Waals surface area contributed by atoms with E-state index in [2.05, 4.69) is 0 Å². The number of anilines is 1. The second-order valence-electron chi connectivity index (χ2n) is 7.06. The van der Waals surface area contributed by atoms with Gasteiger partial charge in [-0.1, -0.05) is 0 Å². The number of imide groups is 1. The Hall–Kier alpha value is -3.30. The lowest BCUT2D eigenvalue weighted by Crippen LogP contribution is -2.57. The van der Waals surface area contributed by atoms with Gasteiger partial charge in [-0.2, -0.15) is 31.6 Å². The predicted molar refractivity (Wildman–Crippen MR) is 84.6 cm³/mol. The van der Waals surface area contributed by atoms with Crippen molar-refractivity contribution in [1.82, 2.24) is 9.80 Å². The molecule has 7 nitrogen and oxygen atoms in total. The van der Waals surface area contributed by atoms with Gasteiger partial charge in [0.25, 0.3) is 5.91 Å². The molecule has 13 heteroatoms. The predicted octanol–water partition coefficient (Wildman–Crippen LogP) is 2.26. The van der Waals surface area contributed by atoms with Crippen molar-refractivity contribution in [3.05, 3.63) is 29.3 Å². The molecule has 3 fully saturated rings. The SMILES string of the molecule is N#Cc1ccc(N2C(=O)C3C4CC(CN4C(=O)C(F)(F)F)N3C2=O)cc1C(F)(F)F. The second-order valence-corrected chi connectivity index (χ2v) is 7.06. The van der Waals surface area contributed by atoms with Crippen LogP contribution < -0.4 is 4.90 Å². The summed E-state index contributed by atoms with van der Waals surface area (Å²) in [5, 5.41) is 8.86. The third-order valence-corrected chi connectivity index (χ3v) is 5.46. The number of urea groups is 1. The Morgan fingerprint density at radius 3 is 2.37 bits per heavy atom. The van der Waals surface area contributed by atoms with Gasteiger partial charge in [-0.05, 0) is 24.6 Å². The number of nitriles is 1. The molecule has 4 rings (SSSR count). The van der Waals surface area contributed by atoms with Gasteiger partial charge in [-0.15, -0.1) is 0 Å². The van der Waals surface area contributed by atoms with Crippen molar-refractivity contribution < 1.29 is 40.7 Å². The highest BCUT2D eigenvalue weighted by atomic mass is 19.4. The van der Waals surface area contributed by atoms with Gasteiger partial charge in [0.15, 0.2) is 0 Å². The number of halogens is 6. The first-order chi connectivity index (χ1) is 13.9. The van der Waals surface area contributed by atoms with Gasteiger partial charge in [0, 0.05) is 6.54 Å². The van der Waals surface area contributed by atoms with Crippen LogP contribution >= 0.6 is 0 Å². The Balaban J connectivity index is 1.69. The molecule has 0 aromatic heterocycles. The standard InChI is InChI=1S/C17H10F6N4O3/c18-16(19,20)10-3-8(2-1-7(10)5-24)27-13(28)12-11-4-9(26(12)15(27)30)6-25(11)14(29)17(21,22)23/h1-3,9,11-12H,4,6H2. The molecule has 3 heterocycles. The molecule has 3 atom stereocenters. The average molecular weight is 432 g/mol. The number of hydrogen-bond donors (Lipinski definition) is 0. The van der Waals surface area contributed by atoms with Gasteiger partial charge in [-0.3, -0.25) is 9.59 Å². The van der Waals surface area contributed by atoms with E-state index in [1.807, 2.05) is 0 Å². The zero-order valence-electron chi connectivity index (χ0n) is 14.7. The van der Waals surface area contributed by atoms with Gasteiger partial charge in [0.2, 0.25) is 0 Å². The van der Waals surface area contributed by atoms with E-state index < -0.39 is 71.7 Å². The smallest absolute Gasteiger partial charge is 0.327 e. The highest BCUT2D eigenvalue weighted by Crippen LogP contribution is 2.44. The van der Waals surface area contributed by atoms with Gasteiger partial charge < -0.3 is 9.80 Å². The van der Waals surface area contributed by atoms with Crippen molar-refractivity contribution in [2.24, 2.45) is 0 Å². The van der Waals surface area contributed by atoms with E-state index in [1.54, 1.807) is 0 Å². The number of alkyl halides is 6. The number of carbonyl (C=O) groups excluding carboxylic acids is 3. The number of piperazine rings is 1. The van der Waals surface area contributed by atoms with E-state index in [9.17, 15) is 40.7 Å². The highest BCUT2D eigenvalue weighted by Gasteiger charge is 2.64. The summed E-state index contributed by atoms with van der Waals surface area (Å²) < 4.78 is 78.1. The molecule has 0 saturated carbocycles. The number of carbonyl (C=O) groups is 3. The summed E-state index contributed by atoms with van der Waals surface area (Å²) >= 11 is 0. The van der Waals surface area contributed by atoms with Crippen LogP contribution in [0.4, 0.5) is 36.8 Å². The number of amides is 4. The maximum absolute atomic E-state index is 13.2. The Bertz CT molecular complexity index is 1010. The first kappa shape index (κ1) is 20.0. The largest absolute Gasteiger partial charge is 0.471 e. The molecule has 1 aromatic rings. The van der Waals surface area contributed by atoms with Crippen LogP contribution in [0.2, 0.25) is 0 Å². The summed E-state index contributed by atoms with van der Waals surface area (Å²) in [5.74, 6) is -3.16. The van der Waals surface area contributed by atoms with Crippen LogP contribution in [0.1, 0.15) is 17.5 Å². The fourth-order valence-corrected chi connectivity index (χ4v) is 4.29. The third-order valence-electron chi connectivity index (χ3n) is 5.46. The Labute approximate surface area is 164 Å². The summed E-state index contributed by atoms with van der Waals surface area (Å²) in [4.78, 5) is 39.1. The summed E-state index contributed by atoms with van der Waals surface area (Å²) in [5.41, 5.74) is -2.53. The van der Waals surface area contributed by atoms with E-state index in [4.69, 9.17) is 5.26 Å². The van der Waals surface area contributed by atoms with Gasteiger partial charge in [0.05, 0.1) is 35.0 Å². The fraction of sp³-hybridized carbons (Fsp3) is 0.412. The molecule has 0 radical (unpaired) electrons. The molecule has 30 heavy (non-hydrogen) atoms. The zero-order chi connectivity index (χ0) is 22.2. The molecule has 2 bridgehead atoms. The minimum Gasteiger partial charge on any atom is -0.327 e. The van der Waals surface area contributed by atoms with Crippen molar-refractivity contribution in [3.8, 4) is 6.07 Å². The summed E-state index contributed by atoms with van der Waals surface area (Å²) in [6, 6.07) is -0.838. The van der Waals surface area contributed by atoms with Crippen LogP contribution in [0.5, 0.6) is 0 Å². The van der Waals surface area contributed by atoms with Crippen molar-refractivity contribution in [2.75, 3.05) is 11.4 Å². The van der Waals surface area contributed by atoms with Crippen molar-refractivity contribution in [3.63, 3.8) is 0 Å². The Morgan fingerprint density at radius 1 is 1.13 bits per heavy atom. The molecular formula is C17H10F6N4O3. The normalized spacial score (nSPS) is 25.8. The van der Waals surface area contributed by atoms with Gasteiger partial charge in [-0.25, -0.2) is 9.69 Å². The molecule has 3 saturated heterocycles. The number of hydrogen-bond acceptors (Lipinski definition) is 4. The number of benzene rings is 1. The summed E-state index contributed by atoms with van der Waals surface area (Å²) in [6.07, 6.45) is -10.1. The monoisotopic (exact) mass is 432 g/mol. The molecule has 0 spiro atoms. The van der Waals surface area contributed by atoms with Gasteiger partial charge in [0.1, 0.15) is 6.04 Å². The topological polar surface area (TPSA) is 84.7 Å². The quantitative estimate of drug-likeness (QED) is 0.504. The molecule has 3 unspecified atom stereocenters. The molecule has 3 aliphatic heterocycles. The first-order valence-corrected chi connectivity index (χ1v) is 8.51. The van der Waals surface area contributed by atoms with Crippen LogP contribution in [0.25, 0.3) is 0 Å². The van der Waals surface area contributed by atoms with Gasteiger partial charge >= 0.3 is 24.3 Å². The van der Waals surface area contributed by atoms with E-state index in [0.29, 0.717) is 15.9 Å². The number of nitrogens with zero attached hydrogens (tertiary/aromatic N) is 4. The van der Waals surface area contributed by atoms with E-state index >= 15 is 0 Å². The minimum absolute atomic E-state index is 0.0288. The number of fused-ring (bicyclic) bond motifs is 5. The molecule has 0 aliphatic carbocycles. The summed E-state index contributed by atoms with van der Waals surface area (Å²) in [7, 11) is 0. The molecule has 158 valence electrons. The molecule has 1 aromatic carbocycles. The van der Waals surface area contributed by atoms with Crippen LogP contribution in [0.3, 0.4) is 0 Å². The van der Waals surface area contributed by atoms with Crippen molar-refractivity contribution in [2.45, 2.75) is 36.9 Å². The van der Waals surface area contributed by atoms with E-state index in [1.165, 1.54) is 6.07 Å². The van der Waals surface area contributed by atoms with Crippen molar-refractivity contribution in [1.29, 1.82) is 5.26 Å². The second kappa shape index (κ2) is 6.10. The van der Waals surface area contributed by atoms with Crippen molar-refractivity contribution >= 4 is 23.5 Å². The lowest BCUT2D eigenvalue weighted by atomic mass is 10.1. The molecule has 3 aliphatic rings. The summed E-state index contributed by atoms with van der Waals surface area (Å²) in [6.45, 7) is -0.423. The minimum atomic E-state index is -5.16. The van der Waals surface area contributed by atoms with Crippen LogP contribution in [-0.4, -0.2) is 58.5 Å². The van der Waals surface area contributed by atoms with E-state index in [0.717, 1.165) is 17.0 Å². The zero-order valence-corrected chi connectivity index (χ0v) is 14.7. The molecule has 0 N–H and O–H groups in total.